The fourth-order valence-corrected chi connectivity index (χ4v) is 4.51. The number of nitrogens with zero attached hydrogens (tertiary/aromatic N) is 1. The molecular formula is C30H34N2O3. The normalized spacial score (nSPS) is 15.0. The highest BCUT2D eigenvalue weighted by Crippen LogP contribution is 2.38. The third-order valence-electron chi connectivity index (χ3n) is 6.35. The molecule has 0 bridgehead atoms. The van der Waals surface area contributed by atoms with Crippen molar-refractivity contribution in [3.8, 4) is 5.75 Å². The molecule has 35 heavy (non-hydrogen) atoms. The van der Waals surface area contributed by atoms with Crippen LogP contribution in [0.5, 0.6) is 5.75 Å². The van der Waals surface area contributed by atoms with Crippen molar-refractivity contribution in [1.82, 2.24) is 4.90 Å². The molecule has 3 aromatic carbocycles. The van der Waals surface area contributed by atoms with Gasteiger partial charge in [-0.3, -0.25) is 9.59 Å². The highest BCUT2D eigenvalue weighted by Gasteiger charge is 2.32. The second kappa shape index (κ2) is 10.8. The maximum Gasteiger partial charge on any atom is 0.262 e. The van der Waals surface area contributed by atoms with Crippen molar-refractivity contribution in [2.45, 2.75) is 46.6 Å². The summed E-state index contributed by atoms with van der Waals surface area (Å²) in [4.78, 5) is 27.6. The van der Waals surface area contributed by atoms with Crippen LogP contribution in [-0.4, -0.2) is 29.9 Å². The predicted octanol–water partition coefficient (Wildman–Crippen LogP) is 5.84. The highest BCUT2D eigenvalue weighted by molar-refractivity contribution is 5.91. The van der Waals surface area contributed by atoms with Gasteiger partial charge in [-0.05, 0) is 67.1 Å². The molecule has 3 aromatic rings. The van der Waals surface area contributed by atoms with Crippen LogP contribution in [0.2, 0.25) is 0 Å². The monoisotopic (exact) mass is 470 g/mol. The van der Waals surface area contributed by atoms with Crippen LogP contribution in [0.4, 0.5) is 5.69 Å². The number of aryl methyl sites for hydroxylation is 2. The molecule has 0 unspecified atom stereocenters. The van der Waals surface area contributed by atoms with Gasteiger partial charge in [0.25, 0.3) is 5.91 Å². The molecule has 1 atom stereocenters. The molecule has 0 saturated carbocycles. The van der Waals surface area contributed by atoms with Crippen LogP contribution in [0, 0.1) is 19.8 Å². The van der Waals surface area contributed by atoms with Crippen LogP contribution >= 0.6 is 0 Å². The predicted molar refractivity (Wildman–Crippen MR) is 140 cm³/mol. The molecule has 5 nitrogen and oxygen atoms in total. The highest BCUT2D eigenvalue weighted by atomic mass is 16.5. The fraction of sp³-hybridized carbons (Fsp3) is 0.333. The van der Waals surface area contributed by atoms with E-state index >= 15 is 0 Å². The van der Waals surface area contributed by atoms with Gasteiger partial charge in [-0.15, -0.1) is 0 Å². The molecule has 0 saturated heterocycles. The van der Waals surface area contributed by atoms with Crippen molar-refractivity contribution < 1.29 is 14.3 Å². The van der Waals surface area contributed by atoms with E-state index in [0.717, 1.165) is 28.8 Å². The Morgan fingerprint density at radius 1 is 0.971 bits per heavy atom. The number of anilines is 1. The number of hydrogen-bond acceptors (Lipinski definition) is 3. The summed E-state index contributed by atoms with van der Waals surface area (Å²) in [5.74, 6) is 0.873. The van der Waals surface area contributed by atoms with Crippen LogP contribution in [0.1, 0.15) is 54.1 Å². The first-order chi connectivity index (χ1) is 16.8. The number of amides is 2. The van der Waals surface area contributed by atoms with E-state index in [0.29, 0.717) is 24.6 Å². The fourth-order valence-electron chi connectivity index (χ4n) is 4.51. The minimum Gasteiger partial charge on any atom is -0.484 e. The zero-order valence-corrected chi connectivity index (χ0v) is 21.0. The Kier molecular flexibility index (Phi) is 7.54. The third kappa shape index (κ3) is 6.10. The summed E-state index contributed by atoms with van der Waals surface area (Å²) in [5, 5.41) is 2.86. The molecule has 0 spiro atoms. The number of ether oxygens (including phenoxy) is 1. The van der Waals surface area contributed by atoms with Crippen molar-refractivity contribution in [2.75, 3.05) is 18.5 Å². The van der Waals surface area contributed by atoms with Crippen molar-refractivity contribution in [3.05, 3.63) is 94.5 Å². The lowest BCUT2D eigenvalue weighted by Gasteiger charge is -2.38. The first kappa shape index (κ1) is 24.5. The van der Waals surface area contributed by atoms with E-state index in [9.17, 15) is 9.59 Å². The number of hydrogen-bond donors (Lipinski definition) is 1. The summed E-state index contributed by atoms with van der Waals surface area (Å²) < 4.78 is 5.88. The Labute approximate surface area is 208 Å². The van der Waals surface area contributed by atoms with Gasteiger partial charge in [-0.1, -0.05) is 67.4 Å². The minimum absolute atomic E-state index is 0.0855. The average Bonchev–Trinajstić information content (AvgIpc) is 2.83. The zero-order chi connectivity index (χ0) is 24.9. The number of carbonyl (C=O) groups excluding carboxylic acids is 2. The van der Waals surface area contributed by atoms with Crippen molar-refractivity contribution >= 4 is 17.5 Å². The number of fused-ring (bicyclic) bond motifs is 1. The minimum atomic E-state index is -0.213. The van der Waals surface area contributed by atoms with E-state index in [1.807, 2.05) is 48.2 Å². The van der Waals surface area contributed by atoms with Gasteiger partial charge in [0.05, 0.1) is 6.04 Å². The lowest BCUT2D eigenvalue weighted by molar-refractivity contribution is -0.134. The Bertz CT molecular complexity index is 1180. The van der Waals surface area contributed by atoms with E-state index in [-0.39, 0.29) is 24.5 Å². The Hall–Kier alpha value is -3.60. The quantitative estimate of drug-likeness (QED) is 0.472. The number of nitrogens with one attached hydrogen (secondary N) is 1. The topological polar surface area (TPSA) is 58.6 Å². The van der Waals surface area contributed by atoms with Gasteiger partial charge < -0.3 is 15.0 Å². The molecule has 2 amide bonds. The maximum absolute atomic E-state index is 13.2. The van der Waals surface area contributed by atoms with Crippen LogP contribution in [0.25, 0.3) is 0 Å². The molecular weight excluding hydrogens is 436 g/mol. The number of benzene rings is 3. The molecule has 1 aliphatic heterocycles. The lowest BCUT2D eigenvalue weighted by Crippen LogP contribution is -2.41. The molecule has 1 heterocycles. The molecule has 1 aliphatic rings. The summed E-state index contributed by atoms with van der Waals surface area (Å²) in [6, 6.07) is 21.8. The second-order valence-electron chi connectivity index (χ2n) is 9.81. The van der Waals surface area contributed by atoms with Gasteiger partial charge in [0.15, 0.2) is 6.61 Å². The van der Waals surface area contributed by atoms with Gasteiger partial charge in [0.1, 0.15) is 5.75 Å². The first-order valence-corrected chi connectivity index (χ1v) is 12.3. The van der Waals surface area contributed by atoms with Gasteiger partial charge >= 0.3 is 0 Å². The molecule has 0 radical (unpaired) electrons. The Morgan fingerprint density at radius 3 is 2.29 bits per heavy atom. The van der Waals surface area contributed by atoms with E-state index < -0.39 is 0 Å². The van der Waals surface area contributed by atoms with E-state index in [4.69, 9.17) is 4.74 Å². The van der Waals surface area contributed by atoms with Crippen LogP contribution in [-0.2, 0) is 16.0 Å². The van der Waals surface area contributed by atoms with Gasteiger partial charge in [0.2, 0.25) is 5.91 Å². The van der Waals surface area contributed by atoms with Crippen LogP contribution in [0.15, 0.2) is 66.7 Å². The zero-order valence-electron chi connectivity index (χ0n) is 21.0. The summed E-state index contributed by atoms with van der Waals surface area (Å²) in [6.45, 7) is 8.82. The smallest absolute Gasteiger partial charge is 0.262 e. The molecule has 182 valence electrons. The Balaban J connectivity index is 1.56. The van der Waals surface area contributed by atoms with Crippen molar-refractivity contribution in [2.24, 2.45) is 5.92 Å². The number of rotatable bonds is 7. The third-order valence-corrected chi connectivity index (χ3v) is 6.35. The van der Waals surface area contributed by atoms with E-state index in [1.54, 1.807) is 0 Å². The summed E-state index contributed by atoms with van der Waals surface area (Å²) in [6.07, 6.45) is 1.32. The van der Waals surface area contributed by atoms with Gasteiger partial charge in [0, 0.05) is 18.7 Å². The standard InChI is InChI=1S/C30H34N2O3/c1-20(2)17-29(34)32-16-15-23-11-14-26(18-27(23)30(32)24-9-5-21(3)6-10-24)35-19-28(33)31-25-12-7-22(4)8-13-25/h5-14,18,20,30H,15-17,19H2,1-4H3,(H,31,33)/t30-/m0/s1. The molecule has 4 rings (SSSR count). The average molecular weight is 471 g/mol. The van der Waals surface area contributed by atoms with Gasteiger partial charge in [-0.2, -0.15) is 0 Å². The maximum atomic E-state index is 13.2. The molecule has 1 N–H and O–H groups in total. The summed E-state index contributed by atoms with van der Waals surface area (Å²) >= 11 is 0. The summed E-state index contributed by atoms with van der Waals surface area (Å²) in [7, 11) is 0. The van der Waals surface area contributed by atoms with Crippen LogP contribution in [0.3, 0.4) is 0 Å². The van der Waals surface area contributed by atoms with E-state index in [1.165, 1.54) is 11.1 Å². The molecule has 0 aromatic heterocycles. The van der Waals surface area contributed by atoms with E-state index in [2.05, 4.69) is 56.4 Å². The summed E-state index contributed by atoms with van der Waals surface area (Å²) in [5.41, 5.74) is 6.42. The Morgan fingerprint density at radius 2 is 1.63 bits per heavy atom. The first-order valence-electron chi connectivity index (χ1n) is 12.3. The van der Waals surface area contributed by atoms with Crippen LogP contribution < -0.4 is 10.1 Å². The van der Waals surface area contributed by atoms with Gasteiger partial charge in [-0.25, -0.2) is 0 Å². The molecule has 5 heteroatoms. The largest absolute Gasteiger partial charge is 0.484 e. The van der Waals surface area contributed by atoms with Crippen molar-refractivity contribution in [1.29, 1.82) is 0 Å². The lowest BCUT2D eigenvalue weighted by atomic mass is 9.87. The second-order valence-corrected chi connectivity index (χ2v) is 9.81. The van der Waals surface area contributed by atoms with Crippen molar-refractivity contribution in [3.63, 3.8) is 0 Å². The number of carbonyl (C=O) groups is 2. The molecule has 0 aliphatic carbocycles. The SMILES string of the molecule is Cc1ccc(NC(=O)COc2ccc3c(c2)[C@H](c2ccc(C)cc2)N(C(=O)CC(C)C)CC3)cc1. The molecule has 0 fully saturated rings.